The molecule has 39 heavy (non-hydrogen) atoms. The summed E-state index contributed by atoms with van der Waals surface area (Å²) in [5.74, 6) is -3.55. The fourth-order valence-electron chi connectivity index (χ4n) is 4.28. The zero-order valence-electron chi connectivity index (χ0n) is 22.4. The number of hydrogen-bond acceptors (Lipinski definition) is 7. The number of Topliss-reactive ketones (excluding diaryl/α,β-unsaturated/α-hetero) is 1. The molecule has 1 aromatic heterocycles. The number of rotatable bonds is 6. The van der Waals surface area contributed by atoms with Crippen LogP contribution in [0.5, 0.6) is 0 Å². The molecule has 1 atom stereocenters. The smallest absolute Gasteiger partial charge is 0.350 e. The van der Waals surface area contributed by atoms with E-state index >= 15 is 0 Å². The molecule has 1 unspecified atom stereocenters. The van der Waals surface area contributed by atoms with Crippen molar-refractivity contribution in [2.75, 3.05) is 11.5 Å². The van der Waals surface area contributed by atoms with Gasteiger partial charge in [-0.2, -0.15) is 0 Å². The Labute approximate surface area is 230 Å². The van der Waals surface area contributed by atoms with Crippen LogP contribution in [0.1, 0.15) is 64.4 Å². The number of carbonyl (C=O) groups excluding carboxylic acids is 3. The first-order chi connectivity index (χ1) is 18.3. The van der Waals surface area contributed by atoms with E-state index in [-0.39, 0.29) is 33.2 Å². The highest BCUT2D eigenvalue weighted by Crippen LogP contribution is 2.44. The van der Waals surface area contributed by atoms with E-state index in [4.69, 9.17) is 4.74 Å². The Kier molecular flexibility index (Phi) is 7.57. The molecule has 3 aromatic rings. The number of aliphatic hydroxyl groups excluding tert-OH is 1. The van der Waals surface area contributed by atoms with Gasteiger partial charge in [0.1, 0.15) is 23.1 Å². The van der Waals surface area contributed by atoms with Crippen LogP contribution >= 0.6 is 11.3 Å². The second-order valence-electron chi connectivity index (χ2n) is 10.3. The topological polar surface area (TPSA) is 96.8 Å². The number of ether oxygens (including phenoxy) is 1. The van der Waals surface area contributed by atoms with Gasteiger partial charge in [-0.05, 0) is 42.0 Å². The van der Waals surface area contributed by atoms with E-state index in [1.807, 2.05) is 12.1 Å². The molecule has 0 saturated carbocycles. The minimum atomic E-state index is -1.06. The van der Waals surface area contributed by atoms with E-state index < -0.39 is 35.3 Å². The van der Waals surface area contributed by atoms with Crippen LogP contribution in [0.25, 0.3) is 5.76 Å². The lowest BCUT2D eigenvalue weighted by atomic mass is 9.85. The normalized spacial score (nSPS) is 17.0. The van der Waals surface area contributed by atoms with E-state index in [1.165, 1.54) is 23.1 Å². The number of hydrogen-bond donors (Lipinski definition) is 1. The highest BCUT2D eigenvalue weighted by atomic mass is 32.1. The van der Waals surface area contributed by atoms with Gasteiger partial charge in [-0.15, -0.1) is 0 Å². The maximum Gasteiger partial charge on any atom is 0.350 e. The third-order valence-corrected chi connectivity index (χ3v) is 7.63. The average Bonchev–Trinajstić information content (AvgIpc) is 3.40. The predicted molar refractivity (Wildman–Crippen MR) is 148 cm³/mol. The quantitative estimate of drug-likeness (QED) is 0.130. The van der Waals surface area contributed by atoms with Crippen molar-refractivity contribution in [1.29, 1.82) is 0 Å². The van der Waals surface area contributed by atoms with E-state index in [2.05, 4.69) is 32.3 Å². The maximum atomic E-state index is 14.4. The van der Waals surface area contributed by atoms with Gasteiger partial charge < -0.3 is 9.84 Å². The molecule has 0 spiro atoms. The highest BCUT2D eigenvalue weighted by molar-refractivity contribution is 7.17. The Morgan fingerprint density at radius 2 is 1.85 bits per heavy atom. The minimum absolute atomic E-state index is 0.00323. The lowest BCUT2D eigenvalue weighted by molar-refractivity contribution is -0.132. The third-order valence-electron chi connectivity index (χ3n) is 6.49. The number of nitrogens with zero attached hydrogens (tertiary/aromatic N) is 2. The summed E-state index contributed by atoms with van der Waals surface area (Å²) in [5, 5.41) is 11.4. The summed E-state index contributed by atoms with van der Waals surface area (Å²) < 4.78 is 19.5. The number of aryl methyl sites for hydroxylation is 2. The number of benzene rings is 2. The Morgan fingerprint density at radius 1 is 1.18 bits per heavy atom. The van der Waals surface area contributed by atoms with E-state index in [0.29, 0.717) is 16.8 Å². The maximum absolute atomic E-state index is 14.4. The molecule has 7 nitrogen and oxygen atoms in total. The molecule has 202 valence electrons. The van der Waals surface area contributed by atoms with Crippen molar-refractivity contribution in [2.24, 2.45) is 0 Å². The molecule has 2 aromatic carbocycles. The molecule has 1 fully saturated rings. The minimum Gasteiger partial charge on any atom is -0.507 e. The van der Waals surface area contributed by atoms with E-state index in [9.17, 15) is 23.9 Å². The van der Waals surface area contributed by atoms with Gasteiger partial charge in [0.15, 0.2) is 5.13 Å². The summed E-state index contributed by atoms with van der Waals surface area (Å²) in [5.41, 5.74) is 1.99. The van der Waals surface area contributed by atoms with Crippen LogP contribution in [0.15, 0.2) is 60.7 Å². The van der Waals surface area contributed by atoms with Gasteiger partial charge in [-0.1, -0.05) is 81.2 Å². The SMILES string of the molecule is C=CCOC(=O)c1sc(N2C(=O)C(=O)/C(=C(\O)c3ccc(C)c(F)c3)C2c2ccc(C(C)(C)C)cc2)nc1C. The molecule has 9 heteroatoms. The number of ketones is 1. The second-order valence-corrected chi connectivity index (χ2v) is 11.3. The van der Waals surface area contributed by atoms with Crippen LogP contribution < -0.4 is 4.90 Å². The Balaban J connectivity index is 1.90. The molecule has 0 radical (unpaired) electrons. The third kappa shape index (κ3) is 5.27. The van der Waals surface area contributed by atoms with Crippen LogP contribution in [-0.4, -0.2) is 34.4 Å². The van der Waals surface area contributed by atoms with E-state index in [1.54, 1.807) is 26.0 Å². The zero-order chi connectivity index (χ0) is 28.6. The van der Waals surface area contributed by atoms with Crippen LogP contribution in [-0.2, 0) is 19.7 Å². The fourth-order valence-corrected chi connectivity index (χ4v) is 5.27. The van der Waals surface area contributed by atoms with Crippen LogP contribution in [0.3, 0.4) is 0 Å². The number of aliphatic hydroxyl groups is 1. The number of anilines is 1. The standard InChI is InChI=1S/C30H29FN2O5S/c1-7-14-38-28(37)26-17(3)32-29(39-26)33-23(18-10-12-20(13-11-18)30(4,5)6)22(25(35)27(33)36)24(34)19-9-8-16(2)21(31)15-19/h7-13,15,23,34H,1,14H2,2-6H3/b24-22-. The number of esters is 1. The molecule has 4 rings (SSSR count). The molecule has 1 aliphatic heterocycles. The predicted octanol–water partition coefficient (Wildman–Crippen LogP) is 6.17. The van der Waals surface area contributed by atoms with Gasteiger partial charge in [-0.25, -0.2) is 14.2 Å². The van der Waals surface area contributed by atoms with Gasteiger partial charge in [0, 0.05) is 5.56 Å². The largest absolute Gasteiger partial charge is 0.507 e. The summed E-state index contributed by atoms with van der Waals surface area (Å²) in [6.45, 7) is 12.9. The van der Waals surface area contributed by atoms with Crippen molar-refractivity contribution in [3.63, 3.8) is 0 Å². The lowest BCUT2D eigenvalue weighted by Crippen LogP contribution is -2.29. The Morgan fingerprint density at radius 3 is 2.44 bits per heavy atom. The molecule has 1 N–H and O–H groups in total. The van der Waals surface area contributed by atoms with Crippen LogP contribution in [0.2, 0.25) is 0 Å². The summed E-state index contributed by atoms with van der Waals surface area (Å²) in [6, 6.07) is 10.4. The monoisotopic (exact) mass is 548 g/mol. The van der Waals surface area contributed by atoms with Crippen LogP contribution in [0, 0.1) is 19.7 Å². The van der Waals surface area contributed by atoms with Gasteiger partial charge in [0.25, 0.3) is 5.78 Å². The van der Waals surface area contributed by atoms with E-state index in [0.717, 1.165) is 23.0 Å². The van der Waals surface area contributed by atoms with Crippen molar-refractivity contribution in [2.45, 2.75) is 46.1 Å². The average molecular weight is 549 g/mol. The summed E-state index contributed by atoms with van der Waals surface area (Å²) in [4.78, 5) is 45.1. The molecule has 1 aliphatic rings. The van der Waals surface area contributed by atoms with Crippen molar-refractivity contribution in [3.05, 3.63) is 99.3 Å². The number of aromatic nitrogens is 1. The first-order valence-corrected chi connectivity index (χ1v) is 13.1. The Hall–Kier alpha value is -4.11. The summed E-state index contributed by atoms with van der Waals surface area (Å²) in [6.07, 6.45) is 1.43. The second kappa shape index (κ2) is 10.6. The molecule has 0 bridgehead atoms. The van der Waals surface area contributed by atoms with Crippen molar-refractivity contribution in [1.82, 2.24) is 4.98 Å². The first kappa shape index (κ1) is 27.9. The van der Waals surface area contributed by atoms with Crippen molar-refractivity contribution >= 4 is 39.9 Å². The molecule has 2 heterocycles. The van der Waals surface area contributed by atoms with Crippen molar-refractivity contribution in [3.8, 4) is 0 Å². The number of thiazole rings is 1. The number of halogens is 1. The fraction of sp³-hybridized carbons (Fsp3) is 0.267. The summed E-state index contributed by atoms with van der Waals surface area (Å²) in [7, 11) is 0. The Bertz CT molecular complexity index is 1520. The number of carbonyl (C=O) groups is 3. The molecule has 1 saturated heterocycles. The number of amides is 1. The van der Waals surface area contributed by atoms with Gasteiger partial charge >= 0.3 is 11.9 Å². The first-order valence-electron chi connectivity index (χ1n) is 12.3. The highest BCUT2D eigenvalue weighted by Gasteiger charge is 2.48. The van der Waals surface area contributed by atoms with Crippen LogP contribution in [0.4, 0.5) is 9.52 Å². The molecule has 1 amide bonds. The molecular formula is C30H29FN2O5S. The van der Waals surface area contributed by atoms with Gasteiger partial charge in [-0.3, -0.25) is 14.5 Å². The lowest BCUT2D eigenvalue weighted by Gasteiger charge is -2.24. The van der Waals surface area contributed by atoms with Gasteiger partial charge in [0.05, 0.1) is 17.3 Å². The molecule has 0 aliphatic carbocycles. The molecular weight excluding hydrogens is 519 g/mol. The zero-order valence-corrected chi connectivity index (χ0v) is 23.2. The summed E-state index contributed by atoms with van der Waals surface area (Å²) >= 11 is 0.910. The van der Waals surface area contributed by atoms with Gasteiger partial charge in [0.2, 0.25) is 0 Å². The van der Waals surface area contributed by atoms with Crippen molar-refractivity contribution < 1.29 is 28.6 Å².